The molecular weight excluding hydrogens is 472 g/mol. The summed E-state index contributed by atoms with van der Waals surface area (Å²) in [4.78, 5) is 38.6. The number of cyclic esters (lactones) is 1. The summed E-state index contributed by atoms with van der Waals surface area (Å²) in [5, 5.41) is 2.56. The van der Waals surface area contributed by atoms with Gasteiger partial charge in [-0.05, 0) is 36.5 Å². The fourth-order valence-corrected chi connectivity index (χ4v) is 4.55. The van der Waals surface area contributed by atoms with Crippen molar-refractivity contribution >= 4 is 23.6 Å². The number of amides is 3. The first-order valence-electron chi connectivity index (χ1n) is 11.9. The summed E-state index contributed by atoms with van der Waals surface area (Å²) in [6.45, 7) is 2.58. The van der Waals surface area contributed by atoms with Crippen molar-refractivity contribution in [3.8, 4) is 0 Å². The highest BCUT2D eigenvalue weighted by molar-refractivity contribution is 5.90. The van der Waals surface area contributed by atoms with Gasteiger partial charge >= 0.3 is 6.09 Å². The number of ether oxygens (including phenoxy) is 2. The normalized spacial score (nSPS) is 18.3. The predicted molar refractivity (Wildman–Crippen MR) is 127 cm³/mol. The molecule has 1 N–H and O–H groups in total. The number of halogens is 2. The standard InChI is InChI=1S/C26H29F2N3O5/c1-17(32)29-13-21-14-31(26(34)36-21)20-11-22(27)25(23(28)12-20)19-7-9-30(10-8-19)24(33)16-35-15-18-5-3-2-4-6-18/h2-6,11-12,19,21H,7-10,13-16H2,1H3,(H,29,32). The lowest BCUT2D eigenvalue weighted by Gasteiger charge is -2.32. The van der Waals surface area contributed by atoms with Crippen molar-refractivity contribution in [3.05, 3.63) is 65.2 Å². The maximum atomic E-state index is 15.0. The van der Waals surface area contributed by atoms with Crippen LogP contribution in [0.1, 0.15) is 36.8 Å². The van der Waals surface area contributed by atoms with E-state index < -0.39 is 23.8 Å². The number of anilines is 1. The van der Waals surface area contributed by atoms with Gasteiger partial charge in [0.1, 0.15) is 24.3 Å². The number of nitrogens with one attached hydrogen (secondary N) is 1. The van der Waals surface area contributed by atoms with Crippen LogP contribution < -0.4 is 10.2 Å². The van der Waals surface area contributed by atoms with Crippen molar-refractivity contribution < 1.29 is 32.6 Å². The first-order valence-corrected chi connectivity index (χ1v) is 11.9. The van der Waals surface area contributed by atoms with Crippen molar-refractivity contribution in [1.29, 1.82) is 0 Å². The highest BCUT2D eigenvalue weighted by Gasteiger charge is 2.34. The number of nitrogens with zero attached hydrogens (tertiary/aromatic N) is 2. The SMILES string of the molecule is CC(=O)NCC1CN(c2cc(F)c(C3CCN(C(=O)COCc4ccccc4)CC3)c(F)c2)C(=O)O1. The number of carbonyl (C=O) groups excluding carboxylic acids is 3. The molecule has 2 aromatic carbocycles. The van der Waals surface area contributed by atoms with Crippen molar-refractivity contribution in [2.45, 2.75) is 38.4 Å². The Bertz CT molecular complexity index is 1080. The van der Waals surface area contributed by atoms with Crippen molar-refractivity contribution in [2.75, 3.05) is 37.7 Å². The van der Waals surface area contributed by atoms with Crippen LogP contribution in [0.3, 0.4) is 0 Å². The van der Waals surface area contributed by atoms with Crippen LogP contribution in [0.25, 0.3) is 0 Å². The van der Waals surface area contributed by atoms with E-state index in [1.807, 2.05) is 30.3 Å². The molecule has 1 atom stereocenters. The van der Waals surface area contributed by atoms with E-state index in [1.54, 1.807) is 4.90 Å². The Morgan fingerprint density at radius 3 is 2.42 bits per heavy atom. The van der Waals surface area contributed by atoms with E-state index in [9.17, 15) is 14.4 Å². The minimum atomic E-state index is -0.737. The lowest BCUT2D eigenvalue weighted by molar-refractivity contribution is -0.137. The van der Waals surface area contributed by atoms with Crippen LogP contribution in [0.2, 0.25) is 0 Å². The van der Waals surface area contributed by atoms with Crippen LogP contribution in [0, 0.1) is 11.6 Å². The molecule has 2 fully saturated rings. The summed E-state index contributed by atoms with van der Waals surface area (Å²) >= 11 is 0. The fourth-order valence-electron chi connectivity index (χ4n) is 4.55. The Hall–Kier alpha value is -3.53. The molecule has 2 heterocycles. The largest absolute Gasteiger partial charge is 0.442 e. The summed E-state index contributed by atoms with van der Waals surface area (Å²) in [5.41, 5.74) is 1.00. The molecule has 2 aliphatic heterocycles. The first kappa shape index (κ1) is 25.6. The van der Waals surface area contributed by atoms with Crippen LogP contribution in [-0.2, 0) is 25.7 Å². The Balaban J connectivity index is 1.31. The zero-order chi connectivity index (χ0) is 25.7. The van der Waals surface area contributed by atoms with Gasteiger partial charge in [-0.1, -0.05) is 30.3 Å². The van der Waals surface area contributed by atoms with Gasteiger partial charge in [-0.15, -0.1) is 0 Å². The minimum Gasteiger partial charge on any atom is -0.442 e. The summed E-state index contributed by atoms with van der Waals surface area (Å²) in [6.07, 6.45) is -0.492. The van der Waals surface area contributed by atoms with Crippen LogP contribution >= 0.6 is 0 Å². The van der Waals surface area contributed by atoms with Gasteiger partial charge in [0.2, 0.25) is 11.8 Å². The van der Waals surface area contributed by atoms with E-state index in [2.05, 4.69) is 5.32 Å². The number of benzene rings is 2. The van der Waals surface area contributed by atoms with Gasteiger partial charge < -0.3 is 19.7 Å². The smallest absolute Gasteiger partial charge is 0.414 e. The molecule has 0 aromatic heterocycles. The van der Waals surface area contributed by atoms with E-state index >= 15 is 8.78 Å². The average molecular weight is 502 g/mol. The Morgan fingerprint density at radius 2 is 1.78 bits per heavy atom. The maximum Gasteiger partial charge on any atom is 0.414 e. The third-order valence-electron chi connectivity index (χ3n) is 6.42. The summed E-state index contributed by atoms with van der Waals surface area (Å²) in [5.74, 6) is -2.27. The van der Waals surface area contributed by atoms with Gasteiger partial charge in [0.15, 0.2) is 0 Å². The molecule has 0 spiro atoms. The van der Waals surface area contributed by atoms with E-state index in [0.29, 0.717) is 32.5 Å². The molecule has 1 unspecified atom stereocenters. The molecule has 36 heavy (non-hydrogen) atoms. The molecule has 0 aliphatic carbocycles. The van der Waals surface area contributed by atoms with E-state index in [0.717, 1.165) is 22.6 Å². The molecule has 192 valence electrons. The molecule has 4 rings (SSSR count). The number of rotatable bonds is 8. The second-order valence-electron chi connectivity index (χ2n) is 9.01. The van der Waals surface area contributed by atoms with E-state index in [-0.39, 0.29) is 48.7 Å². The molecular formula is C26H29F2N3O5. The number of piperidine rings is 1. The number of likely N-dealkylation sites (tertiary alicyclic amines) is 1. The van der Waals surface area contributed by atoms with E-state index in [1.165, 1.54) is 6.92 Å². The molecule has 2 saturated heterocycles. The van der Waals surface area contributed by atoms with Gasteiger partial charge in [0.05, 0.1) is 25.4 Å². The third-order valence-corrected chi connectivity index (χ3v) is 6.42. The summed E-state index contributed by atoms with van der Waals surface area (Å²) in [6, 6.07) is 11.8. The number of hydrogen-bond acceptors (Lipinski definition) is 5. The monoisotopic (exact) mass is 501 g/mol. The molecule has 0 saturated carbocycles. The lowest BCUT2D eigenvalue weighted by atomic mass is 9.88. The predicted octanol–water partition coefficient (Wildman–Crippen LogP) is 3.35. The second-order valence-corrected chi connectivity index (χ2v) is 9.01. The zero-order valence-electron chi connectivity index (χ0n) is 20.0. The topological polar surface area (TPSA) is 88.2 Å². The Labute approximate surface area is 208 Å². The molecule has 3 amide bonds. The highest BCUT2D eigenvalue weighted by atomic mass is 19.1. The third kappa shape index (κ3) is 6.17. The van der Waals surface area contributed by atoms with Crippen molar-refractivity contribution in [2.24, 2.45) is 0 Å². The Morgan fingerprint density at radius 1 is 1.11 bits per heavy atom. The van der Waals surface area contributed by atoms with Gasteiger partial charge in [0, 0.05) is 25.6 Å². The van der Waals surface area contributed by atoms with E-state index in [4.69, 9.17) is 9.47 Å². The van der Waals surface area contributed by atoms with Crippen molar-refractivity contribution in [3.63, 3.8) is 0 Å². The fraction of sp³-hybridized carbons (Fsp3) is 0.423. The molecule has 10 heteroatoms. The first-order chi connectivity index (χ1) is 17.3. The molecule has 2 aliphatic rings. The van der Waals surface area contributed by atoms with Crippen LogP contribution in [0.15, 0.2) is 42.5 Å². The summed E-state index contributed by atoms with van der Waals surface area (Å²) < 4.78 is 40.8. The minimum absolute atomic E-state index is 0.0338. The quantitative estimate of drug-likeness (QED) is 0.600. The second kappa shape index (κ2) is 11.5. The maximum absolute atomic E-state index is 15.0. The molecule has 2 aromatic rings. The highest BCUT2D eigenvalue weighted by Crippen LogP contribution is 2.35. The molecule has 0 bridgehead atoms. The van der Waals surface area contributed by atoms with Crippen LogP contribution in [0.5, 0.6) is 0 Å². The van der Waals surface area contributed by atoms with Gasteiger partial charge in [-0.3, -0.25) is 14.5 Å². The summed E-state index contributed by atoms with van der Waals surface area (Å²) in [7, 11) is 0. The Kier molecular flexibility index (Phi) is 8.14. The molecule has 8 nitrogen and oxygen atoms in total. The van der Waals surface area contributed by atoms with Crippen molar-refractivity contribution in [1.82, 2.24) is 10.2 Å². The van der Waals surface area contributed by atoms with Gasteiger partial charge in [-0.25, -0.2) is 13.6 Å². The number of hydrogen-bond donors (Lipinski definition) is 1. The van der Waals surface area contributed by atoms with Gasteiger partial charge in [0.25, 0.3) is 0 Å². The van der Waals surface area contributed by atoms with Gasteiger partial charge in [-0.2, -0.15) is 0 Å². The average Bonchev–Trinajstić information content (AvgIpc) is 3.24. The van der Waals surface area contributed by atoms with Crippen LogP contribution in [0.4, 0.5) is 19.3 Å². The lowest BCUT2D eigenvalue weighted by Crippen LogP contribution is -2.40. The zero-order valence-corrected chi connectivity index (χ0v) is 20.0. The molecule has 0 radical (unpaired) electrons. The van der Waals surface area contributed by atoms with Crippen LogP contribution in [-0.4, -0.2) is 61.7 Å². The number of carbonyl (C=O) groups is 3.